The molecule has 2 atom stereocenters. The van der Waals surface area contributed by atoms with E-state index >= 15 is 0 Å². The topological polar surface area (TPSA) is 55.6 Å². The van der Waals surface area contributed by atoms with Gasteiger partial charge in [0.25, 0.3) is 0 Å². The molecular weight excluding hydrogens is 214 g/mol. The highest BCUT2D eigenvalue weighted by molar-refractivity contribution is 4.89. The molecule has 1 saturated carbocycles. The van der Waals surface area contributed by atoms with E-state index in [1.807, 2.05) is 4.68 Å². The monoisotopic (exact) mass is 237 g/mol. The van der Waals surface area contributed by atoms with E-state index in [-0.39, 0.29) is 5.54 Å². The third kappa shape index (κ3) is 3.25. The molecule has 1 aromatic heterocycles. The third-order valence-electron chi connectivity index (χ3n) is 3.35. The van der Waals surface area contributed by atoms with Gasteiger partial charge in [-0.05, 0) is 56.4 Å². The van der Waals surface area contributed by atoms with Gasteiger partial charge in [0.05, 0.1) is 12.6 Å². The zero-order valence-corrected chi connectivity index (χ0v) is 11.3. The molecule has 5 nitrogen and oxygen atoms in total. The first kappa shape index (κ1) is 12.5. The van der Waals surface area contributed by atoms with Gasteiger partial charge in [0.15, 0.2) is 5.82 Å². The molecule has 0 aliphatic heterocycles. The van der Waals surface area contributed by atoms with Gasteiger partial charge in [-0.2, -0.15) is 0 Å². The van der Waals surface area contributed by atoms with Crippen molar-refractivity contribution in [2.75, 3.05) is 0 Å². The number of tetrazole rings is 1. The summed E-state index contributed by atoms with van der Waals surface area (Å²) in [6.07, 6.45) is 3.69. The maximum atomic E-state index is 4.15. The van der Waals surface area contributed by atoms with Gasteiger partial charge >= 0.3 is 0 Å². The van der Waals surface area contributed by atoms with Crippen LogP contribution in [0.2, 0.25) is 0 Å². The van der Waals surface area contributed by atoms with Crippen molar-refractivity contribution in [2.24, 2.45) is 5.92 Å². The Bertz CT molecular complexity index is 365. The highest BCUT2D eigenvalue weighted by Crippen LogP contribution is 2.33. The first-order valence-electron chi connectivity index (χ1n) is 6.47. The Morgan fingerprint density at radius 2 is 2.12 bits per heavy atom. The van der Waals surface area contributed by atoms with Crippen LogP contribution in [0.1, 0.15) is 58.8 Å². The van der Waals surface area contributed by atoms with Crippen molar-refractivity contribution in [2.45, 2.75) is 65.1 Å². The summed E-state index contributed by atoms with van der Waals surface area (Å²) < 4.78 is 2.02. The molecule has 1 aromatic rings. The van der Waals surface area contributed by atoms with Crippen LogP contribution in [-0.2, 0) is 6.54 Å². The lowest BCUT2D eigenvalue weighted by Gasteiger charge is -2.20. The second-order valence-corrected chi connectivity index (χ2v) is 6.22. The van der Waals surface area contributed by atoms with E-state index in [9.17, 15) is 0 Å². The Kier molecular flexibility index (Phi) is 3.47. The van der Waals surface area contributed by atoms with Crippen LogP contribution in [0.15, 0.2) is 0 Å². The van der Waals surface area contributed by atoms with E-state index in [0.29, 0.717) is 6.04 Å². The van der Waals surface area contributed by atoms with Gasteiger partial charge in [-0.3, -0.25) is 0 Å². The van der Waals surface area contributed by atoms with Crippen LogP contribution >= 0.6 is 0 Å². The second-order valence-electron chi connectivity index (χ2n) is 6.22. The molecule has 1 N–H and O–H groups in total. The lowest BCUT2D eigenvalue weighted by Crippen LogP contribution is -2.36. The molecule has 0 saturated heterocycles. The van der Waals surface area contributed by atoms with Crippen molar-refractivity contribution in [1.29, 1.82) is 0 Å². The van der Waals surface area contributed by atoms with Crippen LogP contribution in [0.3, 0.4) is 0 Å². The zero-order valence-electron chi connectivity index (χ0n) is 11.3. The summed E-state index contributed by atoms with van der Waals surface area (Å²) in [6.45, 7) is 9.50. The molecule has 1 heterocycles. The van der Waals surface area contributed by atoms with Crippen molar-refractivity contribution in [1.82, 2.24) is 25.5 Å². The van der Waals surface area contributed by atoms with E-state index in [4.69, 9.17) is 0 Å². The van der Waals surface area contributed by atoms with Gasteiger partial charge in [-0.15, -0.1) is 5.10 Å². The number of rotatable bonds is 3. The number of hydrogen-bond acceptors (Lipinski definition) is 4. The zero-order chi connectivity index (χ0) is 12.5. The van der Waals surface area contributed by atoms with Crippen molar-refractivity contribution in [3.63, 3.8) is 0 Å². The van der Waals surface area contributed by atoms with Crippen LogP contribution in [0, 0.1) is 5.92 Å². The molecule has 96 valence electrons. The van der Waals surface area contributed by atoms with Gasteiger partial charge in [-0.25, -0.2) is 4.68 Å². The molecule has 2 unspecified atom stereocenters. The highest BCUT2D eigenvalue weighted by atomic mass is 15.6. The Hall–Kier alpha value is -0.970. The molecule has 17 heavy (non-hydrogen) atoms. The van der Waals surface area contributed by atoms with Crippen LogP contribution in [-0.4, -0.2) is 25.7 Å². The van der Waals surface area contributed by atoms with Crippen molar-refractivity contribution in [3.8, 4) is 0 Å². The molecule has 1 aliphatic carbocycles. The summed E-state index contributed by atoms with van der Waals surface area (Å²) in [5.74, 6) is 1.76. The van der Waals surface area contributed by atoms with Crippen LogP contribution in [0.25, 0.3) is 0 Å². The lowest BCUT2D eigenvalue weighted by molar-refractivity contribution is 0.383. The minimum Gasteiger partial charge on any atom is -0.305 e. The normalized spacial score (nSPS) is 25.4. The molecule has 0 radical (unpaired) electrons. The number of aromatic nitrogens is 4. The average Bonchev–Trinajstić information content (AvgIpc) is 2.81. The minimum absolute atomic E-state index is 0.0970. The highest BCUT2D eigenvalue weighted by Gasteiger charge is 2.26. The fraction of sp³-hybridized carbons (Fsp3) is 0.917. The summed E-state index contributed by atoms with van der Waals surface area (Å²) in [4.78, 5) is 0. The smallest absolute Gasteiger partial charge is 0.165 e. The molecule has 0 spiro atoms. The maximum Gasteiger partial charge on any atom is 0.165 e. The summed E-state index contributed by atoms with van der Waals surface area (Å²) in [5, 5.41) is 15.5. The maximum absolute atomic E-state index is 4.15. The Labute approximate surface area is 103 Å². The molecular formula is C12H23N5. The summed E-state index contributed by atoms with van der Waals surface area (Å²) in [6, 6.07) is 0.497. The van der Waals surface area contributed by atoms with Crippen LogP contribution in [0.4, 0.5) is 0 Å². The van der Waals surface area contributed by atoms with E-state index in [2.05, 4.69) is 48.5 Å². The predicted molar refractivity (Wildman–Crippen MR) is 66.5 cm³/mol. The van der Waals surface area contributed by atoms with Gasteiger partial charge in [0.2, 0.25) is 0 Å². The van der Waals surface area contributed by atoms with Crippen molar-refractivity contribution < 1.29 is 0 Å². The van der Waals surface area contributed by atoms with Gasteiger partial charge in [0.1, 0.15) is 0 Å². The molecule has 2 rings (SSSR count). The van der Waals surface area contributed by atoms with E-state index < -0.39 is 0 Å². The first-order chi connectivity index (χ1) is 7.96. The Morgan fingerprint density at radius 1 is 1.35 bits per heavy atom. The van der Waals surface area contributed by atoms with Crippen molar-refractivity contribution in [3.05, 3.63) is 5.82 Å². The largest absolute Gasteiger partial charge is 0.305 e. The molecule has 0 amide bonds. The number of nitrogens with zero attached hydrogens (tertiary/aromatic N) is 4. The fourth-order valence-electron chi connectivity index (χ4n) is 2.36. The standard InChI is InChI=1S/C12H23N5/c1-9-5-6-10(7-9)17-11(14-15-16-17)8-13-12(2,3)4/h9-10,13H,5-8H2,1-4H3. The first-order valence-corrected chi connectivity index (χ1v) is 6.47. The number of nitrogens with one attached hydrogen (secondary N) is 1. The van der Waals surface area contributed by atoms with Gasteiger partial charge in [-0.1, -0.05) is 6.92 Å². The van der Waals surface area contributed by atoms with E-state index in [1.165, 1.54) is 19.3 Å². The summed E-state index contributed by atoms with van der Waals surface area (Å²) >= 11 is 0. The Balaban J connectivity index is 2.02. The van der Waals surface area contributed by atoms with E-state index in [0.717, 1.165) is 18.3 Å². The molecule has 0 bridgehead atoms. The Morgan fingerprint density at radius 3 is 2.71 bits per heavy atom. The second kappa shape index (κ2) is 4.72. The van der Waals surface area contributed by atoms with Gasteiger partial charge in [0, 0.05) is 5.54 Å². The molecule has 1 aliphatic rings. The quantitative estimate of drug-likeness (QED) is 0.872. The predicted octanol–water partition coefficient (Wildman–Crippen LogP) is 1.92. The third-order valence-corrected chi connectivity index (χ3v) is 3.35. The van der Waals surface area contributed by atoms with Crippen LogP contribution in [0.5, 0.6) is 0 Å². The summed E-state index contributed by atoms with van der Waals surface area (Å²) in [7, 11) is 0. The summed E-state index contributed by atoms with van der Waals surface area (Å²) in [5.41, 5.74) is 0.0970. The van der Waals surface area contributed by atoms with Gasteiger partial charge < -0.3 is 5.32 Å². The minimum atomic E-state index is 0.0970. The number of hydrogen-bond donors (Lipinski definition) is 1. The molecule has 0 aromatic carbocycles. The molecule has 5 heteroatoms. The lowest BCUT2D eigenvalue weighted by atomic mass is 10.1. The molecule has 1 fully saturated rings. The fourth-order valence-corrected chi connectivity index (χ4v) is 2.36. The SMILES string of the molecule is CC1CCC(n2nnnc2CNC(C)(C)C)C1. The van der Waals surface area contributed by atoms with E-state index in [1.54, 1.807) is 0 Å². The van der Waals surface area contributed by atoms with Crippen LogP contribution < -0.4 is 5.32 Å². The average molecular weight is 237 g/mol. The van der Waals surface area contributed by atoms with Crippen molar-refractivity contribution >= 4 is 0 Å².